The van der Waals surface area contributed by atoms with E-state index in [1.54, 1.807) is 38.1 Å². The molecule has 0 aliphatic rings. The van der Waals surface area contributed by atoms with E-state index in [4.69, 9.17) is 14.2 Å². The molecule has 3 rings (SSSR count). The molecule has 0 aliphatic heterocycles. The van der Waals surface area contributed by atoms with E-state index in [1.165, 1.54) is 23.9 Å². The lowest BCUT2D eigenvalue weighted by Crippen LogP contribution is -2.19. The number of carbonyl (C=O) groups is 2. The van der Waals surface area contributed by atoms with Crippen molar-refractivity contribution in [1.82, 2.24) is 4.98 Å². The Kier molecular flexibility index (Phi) is 10.2. The first kappa shape index (κ1) is 29.0. The van der Waals surface area contributed by atoms with Gasteiger partial charge in [-0.1, -0.05) is 30.3 Å². The number of hydrogen-bond acceptors (Lipinski definition) is 7. The molecule has 1 aromatic heterocycles. The van der Waals surface area contributed by atoms with Gasteiger partial charge in [0.1, 0.15) is 11.9 Å². The molecule has 1 atom stereocenters. The molecule has 0 saturated carbocycles. The number of ether oxygens (including phenoxy) is 3. The third-order valence-corrected chi connectivity index (χ3v) is 6.51. The van der Waals surface area contributed by atoms with E-state index >= 15 is 0 Å². The second-order valence-corrected chi connectivity index (χ2v) is 9.37. The minimum absolute atomic E-state index is 0.168. The van der Waals surface area contributed by atoms with Gasteiger partial charge in [-0.25, -0.2) is 4.98 Å². The maximum Gasteiger partial charge on any atom is 0.417 e. The summed E-state index contributed by atoms with van der Waals surface area (Å²) in [6, 6.07) is 14.3. The number of carbonyl (C=O) groups excluding carboxylic acids is 2. The molecule has 1 heterocycles. The van der Waals surface area contributed by atoms with Crippen LogP contribution >= 0.6 is 11.8 Å². The number of alkyl halides is 3. The van der Waals surface area contributed by atoms with Gasteiger partial charge in [0, 0.05) is 23.1 Å². The van der Waals surface area contributed by atoms with E-state index in [2.05, 4.69) is 4.98 Å². The first-order valence-corrected chi connectivity index (χ1v) is 12.9. The number of pyridine rings is 1. The molecule has 38 heavy (non-hydrogen) atoms. The smallest absolute Gasteiger partial charge is 0.417 e. The maximum absolute atomic E-state index is 13.3. The van der Waals surface area contributed by atoms with E-state index in [9.17, 15) is 22.8 Å². The fourth-order valence-corrected chi connectivity index (χ4v) is 4.22. The number of aromatic nitrogens is 1. The summed E-state index contributed by atoms with van der Waals surface area (Å²) in [7, 11) is 0. The van der Waals surface area contributed by atoms with Crippen LogP contribution in [0, 0.1) is 6.92 Å². The number of benzene rings is 2. The fourth-order valence-electron chi connectivity index (χ4n) is 3.41. The van der Waals surface area contributed by atoms with E-state index in [-0.39, 0.29) is 35.3 Å². The van der Waals surface area contributed by atoms with Crippen LogP contribution in [0.25, 0.3) is 0 Å². The number of ketones is 1. The third-order valence-electron chi connectivity index (χ3n) is 5.36. The maximum atomic E-state index is 13.3. The Hall–Kier alpha value is -3.53. The molecule has 0 bridgehead atoms. The van der Waals surface area contributed by atoms with Crippen molar-refractivity contribution < 1.29 is 37.0 Å². The zero-order valence-corrected chi connectivity index (χ0v) is 22.0. The summed E-state index contributed by atoms with van der Waals surface area (Å²) in [5, 5.41) is 0. The molecule has 0 aliphatic carbocycles. The summed E-state index contributed by atoms with van der Waals surface area (Å²) in [5.41, 5.74) is -0.113. The van der Waals surface area contributed by atoms with Crippen molar-refractivity contribution in [2.24, 2.45) is 0 Å². The van der Waals surface area contributed by atoms with Gasteiger partial charge in [0.25, 0.3) is 0 Å². The van der Waals surface area contributed by atoms with Crippen molar-refractivity contribution in [3.05, 3.63) is 83.0 Å². The number of esters is 1. The van der Waals surface area contributed by atoms with Gasteiger partial charge in [0.05, 0.1) is 30.1 Å². The van der Waals surface area contributed by atoms with Gasteiger partial charge in [-0.2, -0.15) is 13.2 Å². The molecule has 6 nitrogen and oxygen atoms in total. The van der Waals surface area contributed by atoms with E-state index in [1.807, 2.05) is 19.1 Å². The summed E-state index contributed by atoms with van der Waals surface area (Å²) < 4.78 is 56.4. The van der Waals surface area contributed by atoms with Gasteiger partial charge < -0.3 is 14.2 Å². The van der Waals surface area contributed by atoms with Gasteiger partial charge in [0.15, 0.2) is 5.78 Å². The Bertz CT molecular complexity index is 1250. The van der Waals surface area contributed by atoms with Gasteiger partial charge in [-0.05, 0) is 50.6 Å². The molecule has 0 N–H and O–H groups in total. The van der Waals surface area contributed by atoms with Crippen LogP contribution in [-0.2, 0) is 15.7 Å². The van der Waals surface area contributed by atoms with Crippen LogP contribution in [-0.4, -0.2) is 41.8 Å². The molecule has 0 fully saturated rings. The van der Waals surface area contributed by atoms with Crippen LogP contribution in [0.15, 0.2) is 65.7 Å². The molecule has 0 amide bonds. The third kappa shape index (κ3) is 8.24. The highest BCUT2D eigenvalue weighted by atomic mass is 32.2. The quantitative estimate of drug-likeness (QED) is 0.145. The van der Waals surface area contributed by atoms with Crippen LogP contribution < -0.4 is 9.47 Å². The Morgan fingerprint density at radius 3 is 2.47 bits per heavy atom. The zero-order valence-electron chi connectivity index (χ0n) is 21.2. The lowest BCUT2D eigenvalue weighted by Gasteiger charge is -2.18. The SMILES string of the molecule is CCOC(=O)CSc1ccc(OCCC(C)Oc2ncc(C(F)(F)F)cc2C(=O)c2ccccc2)cc1C. The molecule has 3 aromatic rings. The number of rotatable bonds is 12. The highest BCUT2D eigenvalue weighted by Crippen LogP contribution is 2.32. The standard InChI is InChI=1S/C28H28F3NO5S/c1-4-35-25(33)17-38-24-11-10-22(14-18(24)2)36-13-12-19(3)37-27-23(15-21(16-32-27)28(29,30)31)26(34)20-8-6-5-7-9-20/h5-11,14-16,19H,4,12-13,17H2,1-3H3. The van der Waals surface area contributed by atoms with Gasteiger partial charge in [-0.15, -0.1) is 11.8 Å². The average Bonchev–Trinajstić information content (AvgIpc) is 2.88. The molecule has 0 saturated heterocycles. The predicted octanol–water partition coefficient (Wildman–Crippen LogP) is 6.53. The number of thioether (sulfide) groups is 1. The highest BCUT2D eigenvalue weighted by Gasteiger charge is 2.33. The molecule has 0 spiro atoms. The highest BCUT2D eigenvalue weighted by molar-refractivity contribution is 8.00. The van der Waals surface area contributed by atoms with Crippen LogP contribution in [0.4, 0.5) is 13.2 Å². The number of hydrogen-bond donors (Lipinski definition) is 0. The Morgan fingerprint density at radius 1 is 1.08 bits per heavy atom. The van der Waals surface area contributed by atoms with Crippen molar-refractivity contribution >= 4 is 23.5 Å². The topological polar surface area (TPSA) is 74.7 Å². The lowest BCUT2D eigenvalue weighted by molar-refractivity contribution is -0.140. The van der Waals surface area contributed by atoms with Crippen molar-refractivity contribution in [2.75, 3.05) is 19.0 Å². The van der Waals surface area contributed by atoms with E-state index in [0.29, 0.717) is 25.0 Å². The van der Waals surface area contributed by atoms with Crippen molar-refractivity contribution in [3.63, 3.8) is 0 Å². The molecular weight excluding hydrogens is 519 g/mol. The summed E-state index contributed by atoms with van der Waals surface area (Å²) in [4.78, 5) is 29.3. The van der Waals surface area contributed by atoms with E-state index < -0.39 is 23.6 Å². The zero-order chi connectivity index (χ0) is 27.7. The van der Waals surface area contributed by atoms with Crippen molar-refractivity contribution in [3.8, 4) is 11.6 Å². The second kappa shape index (κ2) is 13.3. The normalized spacial score (nSPS) is 12.1. The number of halogens is 3. The summed E-state index contributed by atoms with van der Waals surface area (Å²) in [5.74, 6) is -0.210. The summed E-state index contributed by atoms with van der Waals surface area (Å²) in [6.07, 6.45) is -4.10. The van der Waals surface area contributed by atoms with Crippen LogP contribution in [0.3, 0.4) is 0 Å². The second-order valence-electron chi connectivity index (χ2n) is 8.36. The number of aryl methyl sites for hydroxylation is 1. The first-order chi connectivity index (χ1) is 18.1. The number of nitrogens with zero attached hydrogens (tertiary/aromatic N) is 1. The Labute approximate surface area is 223 Å². The largest absolute Gasteiger partial charge is 0.493 e. The molecule has 1 unspecified atom stereocenters. The Balaban J connectivity index is 1.62. The Morgan fingerprint density at radius 2 is 1.82 bits per heavy atom. The predicted molar refractivity (Wildman–Crippen MR) is 138 cm³/mol. The monoisotopic (exact) mass is 547 g/mol. The van der Waals surface area contributed by atoms with Crippen LogP contribution in [0.1, 0.15) is 47.3 Å². The molecule has 2 aromatic carbocycles. The van der Waals surface area contributed by atoms with Gasteiger partial charge in [-0.3, -0.25) is 9.59 Å². The minimum Gasteiger partial charge on any atom is -0.493 e. The molecular formula is C28H28F3NO5S. The molecule has 202 valence electrons. The fraction of sp³-hybridized carbons (Fsp3) is 0.321. The van der Waals surface area contributed by atoms with E-state index in [0.717, 1.165) is 16.5 Å². The van der Waals surface area contributed by atoms with Gasteiger partial charge in [0.2, 0.25) is 5.88 Å². The first-order valence-electron chi connectivity index (χ1n) is 11.9. The summed E-state index contributed by atoms with van der Waals surface area (Å²) >= 11 is 1.38. The van der Waals surface area contributed by atoms with Crippen molar-refractivity contribution in [2.45, 2.75) is 44.4 Å². The average molecular weight is 548 g/mol. The summed E-state index contributed by atoms with van der Waals surface area (Å²) in [6.45, 7) is 5.99. The lowest BCUT2D eigenvalue weighted by atomic mass is 10.0. The van der Waals surface area contributed by atoms with Crippen LogP contribution in [0.2, 0.25) is 0 Å². The minimum atomic E-state index is -4.65. The van der Waals surface area contributed by atoms with Crippen LogP contribution in [0.5, 0.6) is 11.6 Å². The molecule has 10 heteroatoms. The van der Waals surface area contributed by atoms with Crippen molar-refractivity contribution in [1.29, 1.82) is 0 Å². The molecule has 0 radical (unpaired) electrons. The van der Waals surface area contributed by atoms with Gasteiger partial charge >= 0.3 is 12.1 Å².